The molecular weight excluding hydrogens is 495 g/mol. The maximum absolute atomic E-state index is 12.3. The molecule has 0 radical (unpaired) electrons. The van der Waals surface area contributed by atoms with E-state index in [0.29, 0.717) is 30.6 Å². The number of ether oxygens (including phenoxy) is 1. The molecule has 1 aromatic carbocycles. The van der Waals surface area contributed by atoms with Crippen LogP contribution in [-0.4, -0.2) is 70.5 Å². The first-order valence-corrected chi connectivity index (χ1v) is 10.8. The molecule has 0 aromatic heterocycles. The van der Waals surface area contributed by atoms with Crippen LogP contribution in [0.4, 0.5) is 4.79 Å². The highest BCUT2D eigenvalue weighted by atomic mass is 127. The van der Waals surface area contributed by atoms with E-state index in [1.807, 2.05) is 0 Å². The maximum Gasteiger partial charge on any atom is 0.409 e. The lowest BCUT2D eigenvalue weighted by molar-refractivity contribution is 0.0963. The van der Waals surface area contributed by atoms with Crippen molar-refractivity contribution in [3.05, 3.63) is 30.3 Å². The molecular formula is C18H29IN4O4S. The van der Waals surface area contributed by atoms with E-state index in [-0.39, 0.29) is 48.4 Å². The minimum Gasteiger partial charge on any atom is -0.450 e. The summed E-state index contributed by atoms with van der Waals surface area (Å²) in [6.45, 7) is 3.67. The Balaban J connectivity index is 0.00000392. The topological polar surface area (TPSA) is 100 Å². The summed E-state index contributed by atoms with van der Waals surface area (Å²) >= 11 is 0. The van der Waals surface area contributed by atoms with Crippen molar-refractivity contribution >= 4 is 45.9 Å². The number of halogens is 1. The van der Waals surface area contributed by atoms with Gasteiger partial charge in [-0.05, 0) is 31.9 Å². The van der Waals surface area contributed by atoms with Crippen molar-refractivity contribution in [1.82, 2.24) is 15.5 Å². The minimum absolute atomic E-state index is 0. The molecule has 2 N–H and O–H groups in total. The Kier molecular flexibility index (Phi) is 10.6. The van der Waals surface area contributed by atoms with Crippen molar-refractivity contribution in [2.45, 2.75) is 30.7 Å². The Morgan fingerprint density at radius 3 is 2.46 bits per heavy atom. The lowest BCUT2D eigenvalue weighted by atomic mass is 10.1. The van der Waals surface area contributed by atoms with Crippen molar-refractivity contribution in [2.75, 3.05) is 39.0 Å². The molecule has 0 spiro atoms. The highest BCUT2D eigenvalue weighted by molar-refractivity contribution is 14.0. The summed E-state index contributed by atoms with van der Waals surface area (Å²) in [5.41, 5.74) is 0. The zero-order chi connectivity index (χ0) is 19.7. The molecule has 1 fully saturated rings. The second kappa shape index (κ2) is 12.1. The zero-order valence-electron chi connectivity index (χ0n) is 16.3. The minimum atomic E-state index is -3.32. The Morgan fingerprint density at radius 1 is 1.25 bits per heavy atom. The number of likely N-dealkylation sites (tertiary alicyclic amines) is 1. The van der Waals surface area contributed by atoms with Crippen LogP contribution in [0.2, 0.25) is 0 Å². The number of rotatable bonds is 6. The molecule has 10 heteroatoms. The number of piperidine rings is 1. The molecule has 2 rings (SSSR count). The molecule has 1 aliphatic heterocycles. The molecule has 0 saturated carbocycles. The van der Waals surface area contributed by atoms with Gasteiger partial charge in [0, 0.05) is 32.7 Å². The van der Waals surface area contributed by atoms with Crippen LogP contribution in [0.3, 0.4) is 0 Å². The summed E-state index contributed by atoms with van der Waals surface area (Å²) < 4.78 is 29.6. The fourth-order valence-corrected chi connectivity index (χ4v) is 4.04. The van der Waals surface area contributed by atoms with Gasteiger partial charge in [-0.3, -0.25) is 4.99 Å². The Morgan fingerprint density at radius 2 is 1.89 bits per heavy atom. The average Bonchev–Trinajstić information content (AvgIpc) is 2.68. The molecule has 8 nitrogen and oxygen atoms in total. The molecule has 0 aliphatic carbocycles. The Bertz CT molecular complexity index is 735. The van der Waals surface area contributed by atoms with Gasteiger partial charge in [0.25, 0.3) is 0 Å². The van der Waals surface area contributed by atoms with E-state index in [9.17, 15) is 13.2 Å². The predicted octanol–water partition coefficient (Wildman–Crippen LogP) is 1.86. The highest BCUT2D eigenvalue weighted by Crippen LogP contribution is 2.12. The molecule has 1 aliphatic rings. The molecule has 1 aromatic rings. The number of carbonyl (C=O) groups is 1. The average molecular weight is 524 g/mol. The molecule has 1 saturated heterocycles. The second-order valence-electron chi connectivity index (χ2n) is 6.24. The third-order valence-corrected chi connectivity index (χ3v) is 6.08. The number of amides is 1. The summed E-state index contributed by atoms with van der Waals surface area (Å²) in [5.74, 6) is 0.548. The van der Waals surface area contributed by atoms with Gasteiger partial charge in [-0.15, -0.1) is 24.0 Å². The van der Waals surface area contributed by atoms with E-state index in [1.165, 1.54) is 0 Å². The lowest BCUT2D eigenvalue weighted by Crippen LogP contribution is -2.50. The summed E-state index contributed by atoms with van der Waals surface area (Å²) in [4.78, 5) is 17.9. The third kappa shape index (κ3) is 7.46. The molecule has 1 amide bonds. The number of benzene rings is 1. The van der Waals surface area contributed by atoms with E-state index in [2.05, 4.69) is 15.6 Å². The first kappa shape index (κ1) is 24.5. The number of nitrogens with one attached hydrogen (secondary N) is 2. The van der Waals surface area contributed by atoms with Crippen LogP contribution in [0.1, 0.15) is 19.8 Å². The van der Waals surface area contributed by atoms with Gasteiger partial charge in [0.1, 0.15) is 0 Å². The Hall–Kier alpha value is -1.56. The normalized spacial score (nSPS) is 15.5. The van der Waals surface area contributed by atoms with E-state index in [0.717, 1.165) is 12.8 Å². The van der Waals surface area contributed by atoms with Gasteiger partial charge in [0.05, 0.1) is 17.3 Å². The molecule has 0 bridgehead atoms. The number of sulfone groups is 1. The standard InChI is InChI=1S/C18H28N4O4S.HI/c1-3-26-18(23)22-12-9-15(10-13-22)21-17(19-2)20-11-14-27(24,25)16-7-5-4-6-8-16;/h4-8,15H,3,9-14H2,1-2H3,(H2,19,20,21);1H. The van der Waals surface area contributed by atoms with Crippen molar-refractivity contribution in [1.29, 1.82) is 0 Å². The summed E-state index contributed by atoms with van der Waals surface area (Å²) in [6.07, 6.45) is 1.29. The van der Waals surface area contributed by atoms with E-state index < -0.39 is 9.84 Å². The first-order valence-electron chi connectivity index (χ1n) is 9.13. The van der Waals surface area contributed by atoms with Crippen LogP contribution in [0.25, 0.3) is 0 Å². The smallest absolute Gasteiger partial charge is 0.409 e. The van der Waals surface area contributed by atoms with Crippen LogP contribution in [0.5, 0.6) is 0 Å². The van der Waals surface area contributed by atoms with Crippen molar-refractivity contribution < 1.29 is 17.9 Å². The fourth-order valence-electron chi connectivity index (χ4n) is 2.86. The third-order valence-electron chi connectivity index (χ3n) is 4.35. The van der Waals surface area contributed by atoms with Crippen LogP contribution < -0.4 is 10.6 Å². The summed E-state index contributed by atoms with van der Waals surface area (Å²) in [7, 11) is -1.68. The van der Waals surface area contributed by atoms with E-state index in [4.69, 9.17) is 4.74 Å². The van der Waals surface area contributed by atoms with Crippen molar-refractivity contribution in [3.8, 4) is 0 Å². The molecule has 0 unspecified atom stereocenters. The van der Waals surface area contributed by atoms with Crippen molar-refractivity contribution in [3.63, 3.8) is 0 Å². The molecule has 158 valence electrons. The van der Waals surface area contributed by atoms with Gasteiger partial charge < -0.3 is 20.3 Å². The number of aliphatic imine (C=N–C) groups is 1. The number of nitrogens with zero attached hydrogens (tertiary/aromatic N) is 2. The van der Waals surface area contributed by atoms with Gasteiger partial charge in [-0.1, -0.05) is 18.2 Å². The van der Waals surface area contributed by atoms with Gasteiger partial charge in [-0.2, -0.15) is 0 Å². The maximum atomic E-state index is 12.3. The monoisotopic (exact) mass is 524 g/mol. The SMILES string of the molecule is CCOC(=O)N1CCC(NC(=NC)NCCS(=O)(=O)c2ccccc2)CC1.I. The van der Waals surface area contributed by atoms with Crippen LogP contribution in [0.15, 0.2) is 40.2 Å². The molecule has 28 heavy (non-hydrogen) atoms. The highest BCUT2D eigenvalue weighted by Gasteiger charge is 2.24. The number of hydrogen-bond donors (Lipinski definition) is 2. The summed E-state index contributed by atoms with van der Waals surface area (Å²) in [5, 5.41) is 6.34. The fraction of sp³-hybridized carbons (Fsp3) is 0.556. The quantitative estimate of drug-likeness (QED) is 0.335. The number of guanidine groups is 1. The van der Waals surface area contributed by atoms with Gasteiger partial charge >= 0.3 is 6.09 Å². The lowest BCUT2D eigenvalue weighted by Gasteiger charge is -2.32. The van der Waals surface area contributed by atoms with Gasteiger partial charge in [0.15, 0.2) is 15.8 Å². The number of hydrogen-bond acceptors (Lipinski definition) is 5. The van der Waals surface area contributed by atoms with Crippen LogP contribution in [0, 0.1) is 0 Å². The number of carbonyl (C=O) groups excluding carboxylic acids is 1. The molecule has 0 atom stereocenters. The van der Waals surface area contributed by atoms with Crippen molar-refractivity contribution in [2.24, 2.45) is 4.99 Å². The zero-order valence-corrected chi connectivity index (χ0v) is 19.4. The Labute approximate surface area is 184 Å². The first-order chi connectivity index (χ1) is 13.0. The van der Waals surface area contributed by atoms with E-state index in [1.54, 1.807) is 49.2 Å². The van der Waals surface area contributed by atoms with Gasteiger partial charge in [0.2, 0.25) is 0 Å². The summed E-state index contributed by atoms with van der Waals surface area (Å²) in [6, 6.07) is 8.58. The second-order valence-corrected chi connectivity index (χ2v) is 8.34. The largest absolute Gasteiger partial charge is 0.450 e. The predicted molar refractivity (Wildman–Crippen MR) is 120 cm³/mol. The van der Waals surface area contributed by atoms with E-state index >= 15 is 0 Å². The van der Waals surface area contributed by atoms with Crippen LogP contribution in [-0.2, 0) is 14.6 Å². The molecule has 1 heterocycles. The van der Waals surface area contributed by atoms with Gasteiger partial charge in [-0.25, -0.2) is 13.2 Å². The van der Waals surface area contributed by atoms with Crippen LogP contribution >= 0.6 is 24.0 Å².